The lowest BCUT2D eigenvalue weighted by Gasteiger charge is -2.32. The molecule has 0 saturated carbocycles. The second-order valence-corrected chi connectivity index (χ2v) is 7.85. The summed E-state index contributed by atoms with van der Waals surface area (Å²) >= 11 is 0. The number of amides is 1. The first-order valence-electron chi connectivity index (χ1n) is 10.6. The molecule has 6 heterocycles. The molecule has 6 rings (SSSR count). The van der Waals surface area contributed by atoms with Crippen molar-refractivity contribution in [1.29, 1.82) is 0 Å². The Hall–Kier alpha value is -4.62. The number of carbonyl (C=O) groups is 1. The predicted molar refractivity (Wildman–Crippen MR) is 113 cm³/mol. The number of rotatable bonds is 5. The van der Waals surface area contributed by atoms with Gasteiger partial charge in [0.1, 0.15) is 17.3 Å². The smallest absolute Gasteiger partial charge is 0.387 e. The first-order valence-corrected chi connectivity index (χ1v) is 10.6. The second-order valence-electron chi connectivity index (χ2n) is 7.85. The Morgan fingerprint density at radius 3 is 2.94 bits per heavy atom. The van der Waals surface area contributed by atoms with Crippen molar-refractivity contribution in [2.75, 3.05) is 6.54 Å². The minimum atomic E-state index is -2.99. The Balaban J connectivity index is 1.40. The number of alkyl halides is 2. The highest BCUT2D eigenvalue weighted by Gasteiger charge is 2.38. The zero-order valence-corrected chi connectivity index (χ0v) is 18.2. The summed E-state index contributed by atoms with van der Waals surface area (Å²) in [4.78, 5) is 22.5. The maximum Gasteiger partial charge on any atom is 0.387 e. The average molecular weight is 481 g/mol. The SMILES string of the molecule is Cn1ccc(-c2nnc(C(=O)N3CCc4[nH]cnc4C3c3cc4c(OC(F)F)cccn4n3)o2)n1. The van der Waals surface area contributed by atoms with Crippen molar-refractivity contribution in [3.8, 4) is 17.3 Å². The molecule has 0 bridgehead atoms. The zero-order chi connectivity index (χ0) is 24.1. The van der Waals surface area contributed by atoms with Crippen molar-refractivity contribution in [1.82, 2.24) is 44.5 Å². The van der Waals surface area contributed by atoms with E-state index in [1.54, 1.807) is 48.6 Å². The van der Waals surface area contributed by atoms with Gasteiger partial charge in [0.05, 0.1) is 17.7 Å². The number of H-pyrrole nitrogens is 1. The quantitative estimate of drug-likeness (QED) is 0.404. The van der Waals surface area contributed by atoms with E-state index in [9.17, 15) is 13.6 Å². The lowest BCUT2D eigenvalue weighted by molar-refractivity contribution is -0.0490. The molecule has 0 aromatic carbocycles. The van der Waals surface area contributed by atoms with Gasteiger partial charge in [-0.2, -0.15) is 19.0 Å². The van der Waals surface area contributed by atoms with E-state index >= 15 is 0 Å². The molecule has 1 amide bonds. The summed E-state index contributed by atoms with van der Waals surface area (Å²) in [7, 11) is 1.75. The van der Waals surface area contributed by atoms with Crippen LogP contribution in [0.1, 0.15) is 33.8 Å². The number of nitrogens with one attached hydrogen (secondary N) is 1. The molecule has 0 aliphatic carbocycles. The highest BCUT2D eigenvalue weighted by atomic mass is 19.3. The molecular formula is C21H17F2N9O3. The van der Waals surface area contributed by atoms with Crippen LogP contribution in [0.2, 0.25) is 0 Å². The molecule has 1 aliphatic heterocycles. The summed E-state index contributed by atoms with van der Waals surface area (Å²) in [5.41, 5.74) is 2.62. The molecule has 1 unspecified atom stereocenters. The molecule has 0 saturated heterocycles. The topological polar surface area (TPSA) is 132 Å². The van der Waals surface area contributed by atoms with Crippen LogP contribution in [0.4, 0.5) is 8.78 Å². The summed E-state index contributed by atoms with van der Waals surface area (Å²) in [5.74, 6) is -0.641. The monoisotopic (exact) mass is 481 g/mol. The number of halogens is 2. The second kappa shape index (κ2) is 8.00. The third-order valence-electron chi connectivity index (χ3n) is 5.70. The Bertz CT molecular complexity index is 1540. The summed E-state index contributed by atoms with van der Waals surface area (Å²) in [6.45, 7) is -2.68. The van der Waals surface area contributed by atoms with Gasteiger partial charge in [-0.15, -0.1) is 10.2 Å². The number of fused-ring (bicyclic) bond motifs is 2. The van der Waals surface area contributed by atoms with Crippen molar-refractivity contribution in [2.45, 2.75) is 19.1 Å². The molecule has 178 valence electrons. The molecule has 14 heteroatoms. The van der Waals surface area contributed by atoms with Gasteiger partial charge in [0.2, 0.25) is 0 Å². The van der Waals surface area contributed by atoms with Gasteiger partial charge >= 0.3 is 18.4 Å². The summed E-state index contributed by atoms with van der Waals surface area (Å²) < 4.78 is 39.1. The van der Waals surface area contributed by atoms with E-state index in [1.807, 2.05) is 0 Å². The van der Waals surface area contributed by atoms with E-state index in [2.05, 4.69) is 35.1 Å². The van der Waals surface area contributed by atoms with Gasteiger partial charge in [-0.1, -0.05) is 0 Å². The fourth-order valence-corrected chi connectivity index (χ4v) is 4.20. The van der Waals surface area contributed by atoms with Crippen molar-refractivity contribution in [3.63, 3.8) is 0 Å². The minimum absolute atomic E-state index is 0.0332. The fraction of sp³-hybridized carbons (Fsp3) is 0.238. The number of ether oxygens (including phenoxy) is 1. The third kappa shape index (κ3) is 3.59. The Kier molecular flexibility index (Phi) is 4.79. The highest BCUT2D eigenvalue weighted by Crippen LogP contribution is 2.35. The lowest BCUT2D eigenvalue weighted by Crippen LogP contribution is -2.41. The minimum Gasteiger partial charge on any atom is -0.433 e. The first-order chi connectivity index (χ1) is 17.0. The number of pyridine rings is 1. The maximum atomic E-state index is 13.5. The van der Waals surface area contributed by atoms with Crippen molar-refractivity contribution in [3.05, 3.63) is 66.0 Å². The molecule has 5 aromatic rings. The van der Waals surface area contributed by atoms with E-state index in [4.69, 9.17) is 4.42 Å². The number of hydrogen-bond donors (Lipinski definition) is 1. The molecule has 1 aliphatic rings. The summed E-state index contributed by atoms with van der Waals surface area (Å²) in [6, 6.07) is 5.54. The van der Waals surface area contributed by atoms with E-state index in [0.717, 1.165) is 5.69 Å². The van der Waals surface area contributed by atoms with E-state index < -0.39 is 18.6 Å². The molecule has 12 nitrogen and oxygen atoms in total. The molecular weight excluding hydrogens is 464 g/mol. The largest absolute Gasteiger partial charge is 0.433 e. The predicted octanol–water partition coefficient (Wildman–Crippen LogP) is 2.23. The highest BCUT2D eigenvalue weighted by molar-refractivity contribution is 5.90. The maximum absolute atomic E-state index is 13.5. The standard InChI is InChI=1S/C21H17F2N9O3/c1-30-7-4-12(28-30)18-26-27-19(35-18)20(33)31-8-5-11-16(25-10-24-11)17(31)13-9-14-15(34-21(22)23)3-2-6-32(14)29-13/h2-4,6-7,9-10,17,21H,5,8H2,1H3,(H,24,25). The van der Waals surface area contributed by atoms with Crippen LogP contribution in [-0.2, 0) is 13.5 Å². The third-order valence-corrected chi connectivity index (χ3v) is 5.70. The molecule has 5 aromatic heterocycles. The average Bonchev–Trinajstić information content (AvgIpc) is 3.63. The summed E-state index contributed by atoms with van der Waals surface area (Å²) in [6.07, 6.45) is 5.38. The van der Waals surface area contributed by atoms with Crippen molar-refractivity contribution in [2.24, 2.45) is 7.05 Å². The van der Waals surface area contributed by atoms with E-state index in [0.29, 0.717) is 35.6 Å². The van der Waals surface area contributed by atoms with Crippen LogP contribution in [0.3, 0.4) is 0 Å². The summed E-state index contributed by atoms with van der Waals surface area (Å²) in [5, 5.41) is 16.6. The van der Waals surface area contributed by atoms with E-state index in [-0.39, 0.29) is 17.5 Å². The molecule has 0 spiro atoms. The van der Waals surface area contributed by atoms with Crippen molar-refractivity contribution >= 4 is 11.4 Å². The van der Waals surface area contributed by atoms with Gasteiger partial charge in [-0.25, -0.2) is 9.50 Å². The van der Waals surface area contributed by atoms with Gasteiger partial charge in [0.25, 0.3) is 5.89 Å². The Morgan fingerprint density at radius 2 is 2.14 bits per heavy atom. The van der Waals surface area contributed by atoms with E-state index in [1.165, 1.54) is 15.5 Å². The van der Waals surface area contributed by atoms with Crippen LogP contribution in [0, 0.1) is 0 Å². The van der Waals surface area contributed by atoms with Crippen LogP contribution in [0.25, 0.3) is 17.1 Å². The normalized spacial score (nSPS) is 15.7. The number of aromatic amines is 1. The molecule has 1 atom stereocenters. The van der Waals surface area contributed by atoms with Crippen LogP contribution < -0.4 is 4.74 Å². The van der Waals surface area contributed by atoms with Crippen LogP contribution in [0.5, 0.6) is 5.75 Å². The molecule has 35 heavy (non-hydrogen) atoms. The van der Waals surface area contributed by atoms with Gasteiger partial charge < -0.3 is 19.0 Å². The van der Waals surface area contributed by atoms with Gasteiger partial charge in [0.15, 0.2) is 5.75 Å². The number of imidazole rings is 1. The molecule has 0 fully saturated rings. The van der Waals surface area contributed by atoms with Crippen molar-refractivity contribution < 1.29 is 22.7 Å². The van der Waals surface area contributed by atoms with Gasteiger partial charge in [0, 0.05) is 38.1 Å². The Morgan fingerprint density at radius 1 is 1.26 bits per heavy atom. The number of aryl methyl sites for hydroxylation is 1. The number of aromatic nitrogens is 8. The van der Waals surface area contributed by atoms with Gasteiger partial charge in [-0.3, -0.25) is 9.48 Å². The molecule has 0 radical (unpaired) electrons. The van der Waals surface area contributed by atoms with Crippen LogP contribution >= 0.6 is 0 Å². The molecule has 1 N–H and O–H groups in total. The fourth-order valence-electron chi connectivity index (χ4n) is 4.20. The van der Waals surface area contributed by atoms with Gasteiger partial charge in [-0.05, 0) is 24.3 Å². The number of hydrogen-bond acceptors (Lipinski definition) is 8. The van der Waals surface area contributed by atoms with Crippen LogP contribution in [-0.4, -0.2) is 63.5 Å². The Labute approximate surface area is 195 Å². The van der Waals surface area contributed by atoms with Crippen LogP contribution in [0.15, 0.2) is 47.4 Å². The first kappa shape index (κ1) is 20.9. The lowest BCUT2D eigenvalue weighted by atomic mass is 9.99. The number of nitrogens with zero attached hydrogens (tertiary/aromatic N) is 8. The number of carbonyl (C=O) groups excluding carboxylic acids is 1. The zero-order valence-electron chi connectivity index (χ0n) is 18.2.